The molecule has 1 saturated heterocycles. The lowest BCUT2D eigenvalue weighted by Crippen LogP contribution is -2.45. The topological polar surface area (TPSA) is 130 Å². The SMILES string of the molecule is COc1ccc(C(C)(C)[C@@H]2[C@@H](CCn3cc([C@H](O)c4ccccc4)nn3)O[C@]3(C(=O)N(Cc4ccc(N5C(=O)c6cccc7cccc5c67)cc4)c4ccc(N5C(=O)c6cccc7cccc5c67)cc43)[C@H]2C)cc1. The Bertz CT molecular complexity index is 3730. The smallest absolute Gasteiger partial charge is 0.264 e. The summed E-state index contributed by atoms with van der Waals surface area (Å²) in [6.07, 6.45) is 0.819. The van der Waals surface area contributed by atoms with E-state index in [9.17, 15) is 14.7 Å². The maximum atomic E-state index is 16.1. The molecule has 5 heterocycles. The molecule has 74 heavy (non-hydrogen) atoms. The summed E-state index contributed by atoms with van der Waals surface area (Å²) in [6, 6.07) is 54.8. The van der Waals surface area contributed by atoms with Crippen LogP contribution in [-0.4, -0.2) is 51.0 Å². The Hall–Kier alpha value is -8.45. The molecule has 0 bridgehead atoms. The number of hydrogen-bond donors (Lipinski definition) is 1. The summed E-state index contributed by atoms with van der Waals surface area (Å²) in [7, 11) is 1.65. The molecule has 9 aromatic rings. The molecular weight excluding hydrogens is 925 g/mol. The van der Waals surface area contributed by atoms with Crippen molar-refractivity contribution in [2.75, 3.05) is 21.8 Å². The fraction of sp³-hybridized carbons (Fsp3) is 0.210. The lowest BCUT2D eigenvalue weighted by Gasteiger charge is -2.38. The molecule has 1 spiro atoms. The van der Waals surface area contributed by atoms with E-state index in [2.05, 4.69) is 43.2 Å². The summed E-state index contributed by atoms with van der Waals surface area (Å²) in [4.78, 5) is 49.9. The van der Waals surface area contributed by atoms with E-state index < -0.39 is 29.1 Å². The number of aliphatic hydroxyl groups excluding tert-OH is 1. The van der Waals surface area contributed by atoms with Gasteiger partial charge in [0.15, 0.2) is 5.60 Å². The van der Waals surface area contributed by atoms with Crippen LogP contribution in [0.25, 0.3) is 21.5 Å². The van der Waals surface area contributed by atoms with Gasteiger partial charge in [-0.25, -0.2) is 0 Å². The number of ether oxygens (including phenoxy) is 2. The van der Waals surface area contributed by atoms with Crippen molar-refractivity contribution in [2.24, 2.45) is 11.8 Å². The minimum absolute atomic E-state index is 0.0789. The monoisotopic (exact) mass is 976 g/mol. The van der Waals surface area contributed by atoms with Gasteiger partial charge in [0.1, 0.15) is 17.5 Å². The van der Waals surface area contributed by atoms with Gasteiger partial charge in [-0.2, -0.15) is 0 Å². The number of nitrogens with zero attached hydrogens (tertiary/aromatic N) is 6. The van der Waals surface area contributed by atoms with E-state index >= 15 is 4.79 Å². The number of amides is 3. The number of methoxy groups -OCH3 is 1. The second kappa shape index (κ2) is 17.1. The number of fused-ring (bicyclic) bond motifs is 2. The first-order valence-electron chi connectivity index (χ1n) is 25.2. The van der Waals surface area contributed by atoms with Crippen molar-refractivity contribution >= 4 is 67.7 Å². The Morgan fingerprint density at radius 2 is 1.31 bits per heavy atom. The molecule has 1 aromatic heterocycles. The molecule has 12 heteroatoms. The number of hydrogen-bond acceptors (Lipinski definition) is 8. The van der Waals surface area contributed by atoms with Crippen LogP contribution in [0.1, 0.15) is 82.0 Å². The predicted molar refractivity (Wildman–Crippen MR) is 285 cm³/mol. The lowest BCUT2D eigenvalue weighted by molar-refractivity contribution is -0.146. The van der Waals surface area contributed by atoms with E-state index in [1.807, 2.05) is 163 Å². The van der Waals surface area contributed by atoms with E-state index in [-0.39, 0.29) is 30.2 Å². The maximum Gasteiger partial charge on any atom is 0.264 e. The first-order valence-corrected chi connectivity index (χ1v) is 25.2. The van der Waals surface area contributed by atoms with Crippen LogP contribution in [0.3, 0.4) is 0 Å². The van der Waals surface area contributed by atoms with Crippen molar-refractivity contribution in [3.8, 4) is 5.75 Å². The van der Waals surface area contributed by atoms with Crippen molar-refractivity contribution < 1.29 is 29.0 Å². The van der Waals surface area contributed by atoms with E-state index in [0.29, 0.717) is 46.7 Å². The minimum atomic E-state index is -1.48. The predicted octanol–water partition coefficient (Wildman–Crippen LogP) is 11.7. The second-order valence-corrected chi connectivity index (χ2v) is 20.6. The normalized spacial score (nSPS) is 20.2. The van der Waals surface area contributed by atoms with Gasteiger partial charge in [0.2, 0.25) is 0 Å². The zero-order valence-electron chi connectivity index (χ0n) is 41.3. The molecule has 8 aromatic carbocycles. The molecule has 0 saturated carbocycles. The summed E-state index contributed by atoms with van der Waals surface area (Å²) >= 11 is 0. The molecule has 1 fully saturated rings. The molecule has 0 aliphatic carbocycles. The number of aryl methyl sites for hydroxylation is 1. The highest BCUT2D eigenvalue weighted by Crippen LogP contribution is 2.61. The molecule has 366 valence electrons. The average Bonchev–Trinajstić information content (AvgIpc) is 4.24. The third-order valence-corrected chi connectivity index (χ3v) is 16.3. The Balaban J connectivity index is 0.898. The fourth-order valence-corrected chi connectivity index (χ4v) is 12.8. The second-order valence-electron chi connectivity index (χ2n) is 20.6. The molecular formula is C62H52N6O6. The van der Waals surface area contributed by atoms with E-state index in [4.69, 9.17) is 9.47 Å². The van der Waals surface area contributed by atoms with Crippen LogP contribution in [0.15, 0.2) is 176 Å². The lowest BCUT2D eigenvalue weighted by atomic mass is 9.63. The highest BCUT2D eigenvalue weighted by Gasteiger charge is 2.66. The highest BCUT2D eigenvalue weighted by atomic mass is 16.5. The molecule has 1 N–H and O–H groups in total. The average molecular weight is 977 g/mol. The van der Waals surface area contributed by atoms with Crippen LogP contribution < -0.4 is 19.4 Å². The number of aliphatic hydroxyl groups is 1. The highest BCUT2D eigenvalue weighted by molar-refractivity contribution is 6.29. The number of aromatic nitrogens is 3. The summed E-state index contributed by atoms with van der Waals surface area (Å²) < 4.78 is 14.9. The Morgan fingerprint density at radius 3 is 1.95 bits per heavy atom. The fourth-order valence-electron chi connectivity index (χ4n) is 12.8. The van der Waals surface area contributed by atoms with Crippen LogP contribution in [0.5, 0.6) is 5.75 Å². The largest absolute Gasteiger partial charge is 0.497 e. The molecule has 3 amide bonds. The number of rotatable bonds is 12. The summed E-state index contributed by atoms with van der Waals surface area (Å²) in [5, 5.41) is 23.9. The maximum absolute atomic E-state index is 16.1. The van der Waals surface area contributed by atoms with Crippen molar-refractivity contribution in [2.45, 2.75) is 63.5 Å². The van der Waals surface area contributed by atoms with E-state index in [0.717, 1.165) is 61.0 Å². The summed E-state index contributed by atoms with van der Waals surface area (Å²) in [6.45, 7) is 7.20. The number of anilines is 5. The zero-order chi connectivity index (χ0) is 50.6. The van der Waals surface area contributed by atoms with Gasteiger partial charge in [0.25, 0.3) is 17.7 Å². The van der Waals surface area contributed by atoms with Gasteiger partial charge in [-0.3, -0.25) is 28.9 Å². The molecule has 4 aliphatic heterocycles. The molecule has 0 unspecified atom stereocenters. The Kier molecular flexibility index (Phi) is 10.5. The van der Waals surface area contributed by atoms with Gasteiger partial charge in [0, 0.05) is 46.1 Å². The van der Waals surface area contributed by atoms with Crippen molar-refractivity contribution in [1.29, 1.82) is 0 Å². The zero-order valence-corrected chi connectivity index (χ0v) is 41.3. The standard InChI is InChI=1S/C62H52N6O6/c1-37-56(61(2,3)42-24-29-45(73-4)30-25-42)53(32-33-65-36-49(63-64-65)57(69)41-12-6-5-7-13-41)74-62(37)48-34-44(68-52-21-11-17-40-15-9-19-47(55(40)52)59(68)71)28-31-50(48)66(60(62)72)35-38-22-26-43(27-23-38)67-51-20-10-16-39-14-8-18-46(54(39)51)58(67)70/h5-31,34,36-37,53,56-57,69H,32-33,35H2,1-4H3/t37-,53+,56-,57+,62+/m0/s1. The Morgan fingerprint density at radius 1 is 0.703 bits per heavy atom. The Labute approximate surface area is 428 Å². The van der Waals surface area contributed by atoms with Crippen LogP contribution in [0.4, 0.5) is 28.4 Å². The quantitative estimate of drug-likeness (QED) is 0.128. The summed E-state index contributed by atoms with van der Waals surface area (Å²) in [5.41, 5.74) is 6.76. The van der Waals surface area contributed by atoms with Crippen LogP contribution >= 0.6 is 0 Å². The van der Waals surface area contributed by atoms with Gasteiger partial charge in [-0.05, 0) is 106 Å². The first-order chi connectivity index (χ1) is 36.0. The number of carbonyl (C=O) groups excluding carboxylic acids is 3. The van der Waals surface area contributed by atoms with Crippen molar-refractivity contribution in [3.05, 3.63) is 215 Å². The van der Waals surface area contributed by atoms with Gasteiger partial charge >= 0.3 is 0 Å². The van der Waals surface area contributed by atoms with E-state index in [1.165, 1.54) is 0 Å². The van der Waals surface area contributed by atoms with Gasteiger partial charge in [0.05, 0.1) is 54.1 Å². The van der Waals surface area contributed by atoms with E-state index in [1.54, 1.807) is 27.8 Å². The molecule has 5 atom stereocenters. The van der Waals surface area contributed by atoms with Crippen LogP contribution in [-0.2, 0) is 33.6 Å². The first kappa shape index (κ1) is 45.4. The summed E-state index contributed by atoms with van der Waals surface area (Å²) in [5.74, 6) is -0.290. The van der Waals surface area contributed by atoms with Crippen molar-refractivity contribution in [3.63, 3.8) is 0 Å². The van der Waals surface area contributed by atoms with Crippen LogP contribution in [0.2, 0.25) is 0 Å². The van der Waals surface area contributed by atoms with Crippen LogP contribution in [0, 0.1) is 11.8 Å². The third-order valence-electron chi connectivity index (χ3n) is 16.3. The molecule has 12 nitrogen and oxygen atoms in total. The number of benzene rings is 8. The molecule has 13 rings (SSSR count). The third kappa shape index (κ3) is 6.78. The minimum Gasteiger partial charge on any atom is -0.497 e. The van der Waals surface area contributed by atoms with Crippen molar-refractivity contribution in [1.82, 2.24) is 15.0 Å². The molecule has 0 radical (unpaired) electrons. The van der Waals surface area contributed by atoms with Gasteiger partial charge in [-0.1, -0.05) is 129 Å². The van der Waals surface area contributed by atoms with Gasteiger partial charge in [-0.15, -0.1) is 5.10 Å². The molecule has 4 aliphatic rings. The number of carbonyl (C=O) groups is 3. The van der Waals surface area contributed by atoms with Gasteiger partial charge < -0.3 is 19.5 Å².